The van der Waals surface area contributed by atoms with Crippen molar-refractivity contribution in [2.45, 2.75) is 201 Å². The second-order valence-corrected chi connectivity index (χ2v) is 21.5. The van der Waals surface area contributed by atoms with E-state index in [0.717, 1.165) is 57.4 Å². The van der Waals surface area contributed by atoms with Gasteiger partial charge in [0.1, 0.15) is 0 Å². The number of nitrogens with two attached hydrogens (primary N) is 2. The fourth-order valence-corrected chi connectivity index (χ4v) is 11.3. The van der Waals surface area contributed by atoms with Crippen LogP contribution >= 0.6 is 17.1 Å². The van der Waals surface area contributed by atoms with Crippen molar-refractivity contribution in [2.75, 3.05) is 49.5 Å². The molecule has 0 amide bonds. The Morgan fingerprint density at radius 2 is 1.26 bits per heavy atom. The Kier molecular flexibility index (Phi) is 33.3. The molecule has 0 aliphatic carbocycles. The van der Waals surface area contributed by atoms with E-state index in [1.54, 1.807) is 16.4 Å². The highest BCUT2D eigenvalue weighted by Gasteiger charge is 2.25. The minimum absolute atomic E-state index is 0.0943. The van der Waals surface area contributed by atoms with Gasteiger partial charge in [-0.3, -0.25) is 9.91 Å². The third-order valence-corrected chi connectivity index (χ3v) is 15.4. The maximum atomic E-state index is 6.67. The van der Waals surface area contributed by atoms with Crippen LogP contribution in [0.15, 0.2) is 18.2 Å². The molecule has 2 atom stereocenters. The van der Waals surface area contributed by atoms with Crippen LogP contribution in [0.5, 0.6) is 0 Å². The Balaban J connectivity index is 2.49. The molecule has 2 unspecified atom stereocenters. The number of anilines is 2. The number of hydrogen-bond acceptors (Lipinski definition) is 9. The van der Waals surface area contributed by atoms with Crippen molar-refractivity contribution in [1.29, 1.82) is 0 Å². The molecule has 7 nitrogen and oxygen atoms in total. The number of unbranched alkanes of at least 4 members (excludes halogenated alkanes) is 19. The van der Waals surface area contributed by atoms with Crippen LogP contribution in [-0.4, -0.2) is 49.8 Å². The van der Waals surface area contributed by atoms with Gasteiger partial charge >= 0.3 is 0 Å². The van der Waals surface area contributed by atoms with E-state index in [-0.39, 0.29) is 6.10 Å². The normalized spacial score (nSPS) is 13.5. The summed E-state index contributed by atoms with van der Waals surface area (Å²) in [4.78, 5) is 2.37. The van der Waals surface area contributed by atoms with Crippen molar-refractivity contribution in [3.8, 4) is 0 Å². The van der Waals surface area contributed by atoms with E-state index < -0.39 is 5.69 Å². The molecule has 53 heavy (non-hydrogen) atoms. The van der Waals surface area contributed by atoms with Gasteiger partial charge in [0, 0.05) is 6.54 Å². The number of nitrogens with zero attached hydrogens (tertiary/aromatic N) is 2. The van der Waals surface area contributed by atoms with Crippen LogP contribution in [0.3, 0.4) is 0 Å². The summed E-state index contributed by atoms with van der Waals surface area (Å²) in [5.74, 6) is 7.37. The molecule has 10 heteroatoms. The third-order valence-electron chi connectivity index (χ3n) is 10.1. The van der Waals surface area contributed by atoms with Gasteiger partial charge in [-0.05, 0) is 81.6 Å². The monoisotopic (exact) mass is 800 g/mol. The zero-order valence-corrected chi connectivity index (χ0v) is 37.9. The summed E-state index contributed by atoms with van der Waals surface area (Å²) >= 11 is 7.83. The number of nitrogen functional groups attached to an aromatic ring is 1. The average molecular weight is 800 g/mol. The number of nitrogens with one attached hydrogen (secondary N) is 1. The molecule has 312 valence electrons. The molecule has 0 fully saturated rings. The number of rotatable bonds is 39. The molecule has 1 aromatic rings. The molecular formula is C43H86N5O2PS2. The van der Waals surface area contributed by atoms with Crippen molar-refractivity contribution < 1.29 is 9.05 Å². The SMILES string of the molecule is CCCCCCCCCCCCCCCCCCNCCCN(CSP(=S)(OCCCC)OC(C)CCCCCC)CN(N)c1ccc(CC)cc1N. The zero-order chi connectivity index (χ0) is 38.8. The average Bonchev–Trinajstić information content (AvgIpc) is 3.14. The Morgan fingerprint density at radius 3 is 1.81 bits per heavy atom. The maximum absolute atomic E-state index is 6.67. The van der Waals surface area contributed by atoms with E-state index in [4.69, 9.17) is 32.4 Å². The number of hydrogen-bond donors (Lipinski definition) is 3. The van der Waals surface area contributed by atoms with Crippen molar-refractivity contribution >= 4 is 40.3 Å². The van der Waals surface area contributed by atoms with Crippen LogP contribution in [0.1, 0.15) is 194 Å². The standard InChI is InChI=1S/C43H86N5O2PS2/c1-6-10-13-15-16-17-18-19-20-21-22-23-24-25-26-28-33-46-34-29-35-47(38-48(45)43-32-31-41(9-4)37-42(43)44)39-53-51(52,49-36-12-8-3)50-40(5)30-27-14-11-7-2/h31-32,37,40,46H,6-30,33-36,38-39,44-45H2,1-5H3. The smallest absolute Gasteiger partial charge is 0.248 e. The predicted molar refractivity (Wildman–Crippen MR) is 242 cm³/mol. The second-order valence-electron chi connectivity index (χ2n) is 15.3. The highest BCUT2D eigenvalue weighted by atomic mass is 32.9. The molecule has 0 spiro atoms. The van der Waals surface area contributed by atoms with Gasteiger partial charge in [-0.2, -0.15) is 0 Å². The number of benzene rings is 1. The first-order valence-electron chi connectivity index (χ1n) is 22.2. The molecule has 0 saturated carbocycles. The fraction of sp³-hybridized carbons (Fsp3) is 0.860. The van der Waals surface area contributed by atoms with Crippen LogP contribution in [-0.2, 0) is 27.3 Å². The van der Waals surface area contributed by atoms with E-state index >= 15 is 0 Å². The molecule has 0 saturated heterocycles. The van der Waals surface area contributed by atoms with E-state index in [1.807, 2.05) is 12.1 Å². The highest BCUT2D eigenvalue weighted by Crippen LogP contribution is 2.62. The summed E-state index contributed by atoms with van der Waals surface area (Å²) in [6.07, 6.45) is 32.6. The van der Waals surface area contributed by atoms with Crippen LogP contribution in [0.2, 0.25) is 0 Å². The van der Waals surface area contributed by atoms with Crippen LogP contribution < -0.4 is 21.9 Å². The Bertz CT molecular complexity index is 1020. The third kappa shape index (κ3) is 27.8. The summed E-state index contributed by atoms with van der Waals surface area (Å²) in [7, 11) is 0. The molecule has 0 radical (unpaired) electrons. The molecule has 0 bridgehead atoms. The summed E-state index contributed by atoms with van der Waals surface area (Å²) in [5.41, 5.74) is 6.71. The molecule has 0 aromatic heterocycles. The van der Waals surface area contributed by atoms with Crippen molar-refractivity contribution in [3.05, 3.63) is 23.8 Å². The molecule has 5 N–H and O–H groups in total. The Labute approximate surface area is 338 Å². The van der Waals surface area contributed by atoms with E-state index in [0.29, 0.717) is 24.8 Å². The minimum atomic E-state index is -2.52. The quantitative estimate of drug-likeness (QED) is 0.0150. The first-order chi connectivity index (χ1) is 25.8. The number of aryl methyl sites for hydroxylation is 1. The molecular weight excluding hydrogens is 714 g/mol. The molecule has 1 aromatic carbocycles. The van der Waals surface area contributed by atoms with Gasteiger partial charge < -0.3 is 20.1 Å². The van der Waals surface area contributed by atoms with Gasteiger partial charge in [-0.1, -0.05) is 174 Å². The first-order valence-corrected chi connectivity index (χ1v) is 26.4. The Morgan fingerprint density at radius 1 is 0.736 bits per heavy atom. The van der Waals surface area contributed by atoms with Gasteiger partial charge in [0.15, 0.2) is 0 Å². The van der Waals surface area contributed by atoms with Crippen molar-refractivity contribution in [3.63, 3.8) is 0 Å². The summed E-state index contributed by atoms with van der Waals surface area (Å²) in [6.45, 7) is 15.2. The lowest BCUT2D eigenvalue weighted by Gasteiger charge is -2.32. The maximum Gasteiger partial charge on any atom is 0.248 e. The fourth-order valence-electron chi connectivity index (χ4n) is 6.61. The molecule has 0 aliphatic heterocycles. The lowest BCUT2D eigenvalue weighted by atomic mass is 10.0. The van der Waals surface area contributed by atoms with Crippen LogP contribution in [0.25, 0.3) is 0 Å². The first kappa shape index (κ1) is 50.6. The minimum Gasteiger partial charge on any atom is -0.397 e. The highest BCUT2D eigenvalue weighted by molar-refractivity contribution is 8.67. The Hall–Kier alpha value is -0.380. The lowest BCUT2D eigenvalue weighted by Crippen LogP contribution is -2.43. The number of hydrazine groups is 1. The van der Waals surface area contributed by atoms with Gasteiger partial charge in [0.2, 0.25) is 5.69 Å². The summed E-state index contributed by atoms with van der Waals surface area (Å²) in [5, 5.41) is 5.47. The van der Waals surface area contributed by atoms with Crippen LogP contribution in [0.4, 0.5) is 11.4 Å². The van der Waals surface area contributed by atoms with Gasteiger partial charge in [0.25, 0.3) is 0 Å². The largest absolute Gasteiger partial charge is 0.397 e. The summed E-state index contributed by atoms with van der Waals surface area (Å²) in [6, 6.07) is 6.19. The summed E-state index contributed by atoms with van der Waals surface area (Å²) < 4.78 is 12.9. The molecule has 1 rings (SSSR count). The van der Waals surface area contributed by atoms with Crippen molar-refractivity contribution in [2.24, 2.45) is 5.84 Å². The topological polar surface area (TPSA) is 89.0 Å². The predicted octanol–water partition coefficient (Wildman–Crippen LogP) is 13.1. The van der Waals surface area contributed by atoms with Crippen LogP contribution in [0, 0.1) is 0 Å². The second kappa shape index (κ2) is 34.8. The van der Waals surface area contributed by atoms with Gasteiger partial charge in [0.05, 0.1) is 36.6 Å². The zero-order valence-electron chi connectivity index (χ0n) is 35.4. The van der Waals surface area contributed by atoms with E-state index in [9.17, 15) is 0 Å². The van der Waals surface area contributed by atoms with Crippen molar-refractivity contribution in [1.82, 2.24) is 10.2 Å². The van der Waals surface area contributed by atoms with Gasteiger partial charge in [-0.15, -0.1) is 0 Å². The van der Waals surface area contributed by atoms with E-state index in [2.05, 4.69) is 50.9 Å². The lowest BCUT2D eigenvalue weighted by molar-refractivity contribution is 0.187. The van der Waals surface area contributed by atoms with Gasteiger partial charge in [-0.25, -0.2) is 5.84 Å². The molecule has 0 aliphatic rings. The van der Waals surface area contributed by atoms with E-state index in [1.165, 1.54) is 134 Å². The molecule has 0 heterocycles.